The van der Waals surface area contributed by atoms with Crippen LogP contribution in [0.1, 0.15) is 30.9 Å². The highest BCUT2D eigenvalue weighted by atomic mass is 15.1. The molecule has 0 spiro atoms. The van der Waals surface area contributed by atoms with E-state index < -0.39 is 0 Å². The van der Waals surface area contributed by atoms with E-state index in [9.17, 15) is 0 Å². The Morgan fingerprint density at radius 1 is 0.818 bits per heavy atom. The van der Waals surface area contributed by atoms with Gasteiger partial charge in [-0.05, 0) is 43.0 Å². The largest absolute Gasteiger partial charge is 0.330 e. The molecular weight excluding hydrogens is 268 g/mol. The normalized spacial score (nSPS) is 12.5. The Balaban J connectivity index is 1.97. The van der Waals surface area contributed by atoms with Gasteiger partial charge >= 0.3 is 0 Å². The summed E-state index contributed by atoms with van der Waals surface area (Å²) in [6.07, 6.45) is 2.32. The van der Waals surface area contributed by atoms with Crippen molar-refractivity contribution in [3.8, 4) is 0 Å². The average molecular weight is 296 g/mol. The molecule has 0 aliphatic heterocycles. The fourth-order valence-corrected chi connectivity index (χ4v) is 2.73. The first-order valence-electron chi connectivity index (χ1n) is 8.28. The van der Waals surface area contributed by atoms with Crippen LogP contribution in [0.25, 0.3) is 0 Å². The molecular formula is C20H28N2. The van der Waals surface area contributed by atoms with Crippen LogP contribution in [-0.2, 0) is 13.1 Å². The first kappa shape index (κ1) is 16.7. The van der Waals surface area contributed by atoms with E-state index in [2.05, 4.69) is 72.5 Å². The average Bonchev–Trinajstić information content (AvgIpc) is 2.55. The molecule has 0 saturated heterocycles. The van der Waals surface area contributed by atoms with Gasteiger partial charge in [0.2, 0.25) is 0 Å². The summed E-state index contributed by atoms with van der Waals surface area (Å²) in [4.78, 5) is 2.54. The summed E-state index contributed by atoms with van der Waals surface area (Å²) >= 11 is 0. The Morgan fingerprint density at radius 3 is 1.77 bits per heavy atom. The number of rotatable bonds is 9. The molecule has 22 heavy (non-hydrogen) atoms. The van der Waals surface area contributed by atoms with Crippen LogP contribution in [0.5, 0.6) is 0 Å². The van der Waals surface area contributed by atoms with Gasteiger partial charge in [-0.2, -0.15) is 0 Å². The Morgan fingerprint density at radius 2 is 1.32 bits per heavy atom. The molecule has 0 heterocycles. The third-order valence-electron chi connectivity index (χ3n) is 4.10. The van der Waals surface area contributed by atoms with Gasteiger partial charge in [-0.1, -0.05) is 67.6 Å². The van der Waals surface area contributed by atoms with Crippen LogP contribution in [0, 0.1) is 5.92 Å². The van der Waals surface area contributed by atoms with Gasteiger partial charge in [0.15, 0.2) is 0 Å². The van der Waals surface area contributed by atoms with Crippen molar-refractivity contribution in [3.05, 3.63) is 71.8 Å². The highest BCUT2D eigenvalue weighted by Crippen LogP contribution is 2.14. The third kappa shape index (κ3) is 6.00. The molecule has 0 fully saturated rings. The van der Waals surface area contributed by atoms with Crippen LogP contribution < -0.4 is 5.73 Å². The molecule has 2 heteroatoms. The molecule has 0 aliphatic rings. The Kier molecular flexibility index (Phi) is 7.14. The maximum absolute atomic E-state index is 5.67. The molecule has 118 valence electrons. The van der Waals surface area contributed by atoms with Crippen molar-refractivity contribution in [2.24, 2.45) is 11.7 Å². The predicted molar refractivity (Wildman–Crippen MR) is 94.5 cm³/mol. The lowest BCUT2D eigenvalue weighted by Gasteiger charge is -2.24. The SMILES string of the molecule is CC(CCN)CCN(Cc1ccccc1)Cc1ccccc1. The topological polar surface area (TPSA) is 29.3 Å². The zero-order chi connectivity index (χ0) is 15.6. The van der Waals surface area contributed by atoms with E-state index in [-0.39, 0.29) is 0 Å². The lowest BCUT2D eigenvalue weighted by molar-refractivity contribution is 0.236. The van der Waals surface area contributed by atoms with E-state index in [4.69, 9.17) is 5.73 Å². The summed E-state index contributed by atoms with van der Waals surface area (Å²) in [6.45, 7) is 6.22. The molecule has 0 radical (unpaired) electrons. The minimum atomic E-state index is 0.694. The number of nitrogens with zero attached hydrogens (tertiary/aromatic N) is 1. The number of benzene rings is 2. The number of nitrogens with two attached hydrogens (primary N) is 1. The van der Waals surface area contributed by atoms with Gasteiger partial charge in [-0.3, -0.25) is 4.90 Å². The van der Waals surface area contributed by atoms with Gasteiger partial charge in [0.1, 0.15) is 0 Å². The zero-order valence-corrected chi connectivity index (χ0v) is 13.6. The summed E-state index contributed by atoms with van der Waals surface area (Å²) in [7, 11) is 0. The lowest BCUT2D eigenvalue weighted by atomic mass is 10.0. The van der Waals surface area contributed by atoms with E-state index >= 15 is 0 Å². The van der Waals surface area contributed by atoms with Crippen molar-refractivity contribution in [2.45, 2.75) is 32.9 Å². The Labute approximate surface area is 135 Å². The van der Waals surface area contributed by atoms with Crippen molar-refractivity contribution >= 4 is 0 Å². The molecule has 2 nitrogen and oxygen atoms in total. The summed E-state index contributed by atoms with van der Waals surface area (Å²) in [5.41, 5.74) is 8.43. The fraction of sp³-hybridized carbons (Fsp3) is 0.400. The Bertz CT molecular complexity index is 468. The summed E-state index contributed by atoms with van der Waals surface area (Å²) in [5.74, 6) is 0.694. The highest BCUT2D eigenvalue weighted by Gasteiger charge is 2.09. The van der Waals surface area contributed by atoms with Gasteiger partial charge in [-0.25, -0.2) is 0 Å². The Hall–Kier alpha value is -1.64. The smallest absolute Gasteiger partial charge is 0.0237 e. The third-order valence-corrected chi connectivity index (χ3v) is 4.10. The van der Waals surface area contributed by atoms with Crippen LogP contribution in [0.4, 0.5) is 0 Å². The second kappa shape index (κ2) is 9.39. The summed E-state index contributed by atoms with van der Waals surface area (Å²) in [6, 6.07) is 21.5. The van der Waals surface area contributed by atoms with Crippen molar-refractivity contribution < 1.29 is 0 Å². The number of hydrogen-bond donors (Lipinski definition) is 1. The van der Waals surface area contributed by atoms with Crippen LogP contribution in [0.3, 0.4) is 0 Å². The van der Waals surface area contributed by atoms with Crippen LogP contribution in [0.2, 0.25) is 0 Å². The molecule has 2 rings (SSSR count). The van der Waals surface area contributed by atoms with Gasteiger partial charge in [0, 0.05) is 13.1 Å². The maximum Gasteiger partial charge on any atom is 0.0237 e. The van der Waals surface area contributed by atoms with Crippen molar-refractivity contribution in [2.75, 3.05) is 13.1 Å². The van der Waals surface area contributed by atoms with Crippen LogP contribution in [-0.4, -0.2) is 18.0 Å². The van der Waals surface area contributed by atoms with Gasteiger partial charge < -0.3 is 5.73 Å². The van der Waals surface area contributed by atoms with Crippen LogP contribution in [0.15, 0.2) is 60.7 Å². The van der Waals surface area contributed by atoms with Gasteiger partial charge in [0.25, 0.3) is 0 Å². The van der Waals surface area contributed by atoms with Crippen molar-refractivity contribution in [1.82, 2.24) is 4.90 Å². The zero-order valence-electron chi connectivity index (χ0n) is 13.6. The van der Waals surface area contributed by atoms with E-state index in [1.807, 2.05) is 0 Å². The summed E-state index contributed by atoms with van der Waals surface area (Å²) < 4.78 is 0. The van der Waals surface area contributed by atoms with Gasteiger partial charge in [-0.15, -0.1) is 0 Å². The second-order valence-corrected chi connectivity index (χ2v) is 6.15. The molecule has 0 aromatic heterocycles. The first-order chi connectivity index (χ1) is 10.8. The van der Waals surface area contributed by atoms with E-state index in [0.717, 1.165) is 32.6 Å². The molecule has 1 atom stereocenters. The molecule has 0 amide bonds. The first-order valence-corrected chi connectivity index (χ1v) is 8.28. The standard InChI is InChI=1S/C20H28N2/c1-18(12-14-21)13-15-22(16-19-8-4-2-5-9-19)17-20-10-6-3-7-11-20/h2-11,18H,12-17,21H2,1H3. The molecule has 2 aromatic rings. The molecule has 0 bridgehead atoms. The van der Waals surface area contributed by atoms with Crippen LogP contribution >= 0.6 is 0 Å². The predicted octanol–water partition coefficient (Wildman–Crippen LogP) is 4.06. The quantitative estimate of drug-likeness (QED) is 0.756. The highest BCUT2D eigenvalue weighted by molar-refractivity contribution is 5.17. The lowest BCUT2D eigenvalue weighted by Crippen LogP contribution is -2.25. The van der Waals surface area contributed by atoms with E-state index in [1.54, 1.807) is 0 Å². The molecule has 0 saturated carbocycles. The fourth-order valence-electron chi connectivity index (χ4n) is 2.73. The van der Waals surface area contributed by atoms with Crippen molar-refractivity contribution in [3.63, 3.8) is 0 Å². The molecule has 1 unspecified atom stereocenters. The molecule has 2 aromatic carbocycles. The van der Waals surface area contributed by atoms with E-state index in [1.165, 1.54) is 17.5 Å². The van der Waals surface area contributed by atoms with Crippen molar-refractivity contribution in [1.29, 1.82) is 0 Å². The molecule has 0 aliphatic carbocycles. The maximum atomic E-state index is 5.67. The minimum absolute atomic E-state index is 0.694. The molecule has 2 N–H and O–H groups in total. The summed E-state index contributed by atoms with van der Waals surface area (Å²) in [5, 5.41) is 0. The van der Waals surface area contributed by atoms with Gasteiger partial charge in [0.05, 0.1) is 0 Å². The number of hydrogen-bond acceptors (Lipinski definition) is 2. The van der Waals surface area contributed by atoms with E-state index in [0.29, 0.717) is 5.92 Å². The monoisotopic (exact) mass is 296 g/mol. The minimum Gasteiger partial charge on any atom is -0.330 e. The second-order valence-electron chi connectivity index (χ2n) is 6.15.